The Hall–Kier alpha value is -3.65. The number of nitrogens with zero attached hydrogens (tertiary/aromatic N) is 2. The number of amides is 2. The highest BCUT2D eigenvalue weighted by Gasteiger charge is 2.45. The largest absolute Gasteiger partial charge is 0.321 e. The van der Waals surface area contributed by atoms with E-state index in [1.807, 2.05) is 66.7 Å². The van der Waals surface area contributed by atoms with E-state index < -0.39 is 0 Å². The molecule has 1 N–H and O–H groups in total. The van der Waals surface area contributed by atoms with Crippen molar-refractivity contribution in [3.8, 4) is 6.07 Å². The second kappa shape index (κ2) is 5.77. The fraction of sp³-hybridized carbons (Fsp3) is 0.0500. The monoisotopic (exact) mass is 327 g/mol. The first-order chi connectivity index (χ1) is 12.2. The lowest BCUT2D eigenvalue weighted by molar-refractivity contribution is -0.122. The van der Waals surface area contributed by atoms with Crippen LogP contribution in [0.15, 0.2) is 71.8 Å². The van der Waals surface area contributed by atoms with Crippen LogP contribution in [-0.2, 0) is 9.59 Å². The second-order valence-electron chi connectivity index (χ2n) is 5.71. The van der Waals surface area contributed by atoms with Gasteiger partial charge in [-0.3, -0.25) is 14.5 Å². The first-order valence-electron chi connectivity index (χ1n) is 7.82. The van der Waals surface area contributed by atoms with Crippen molar-refractivity contribution in [3.05, 3.63) is 82.9 Å². The van der Waals surface area contributed by atoms with Crippen LogP contribution >= 0.6 is 0 Å². The summed E-state index contributed by atoms with van der Waals surface area (Å²) in [6.07, 6.45) is 0. The standard InChI is InChI=1S/C20H13N3O2/c21-11-12-23-18(14-9-5-2-6-10-14)16-15(20(23)25)17(22-19(16)24)13-7-3-1-4-8-13/h1-10H,12H2,(H,22,24). The second-order valence-corrected chi connectivity index (χ2v) is 5.71. The SMILES string of the molecule is N#CCN1C(=O)C2=C(c3ccccc3)NC(=O)C2=C1c1ccccc1. The molecule has 2 aromatic carbocycles. The maximum Gasteiger partial charge on any atom is 0.262 e. The first kappa shape index (κ1) is 14.9. The highest BCUT2D eigenvalue weighted by Crippen LogP contribution is 2.42. The van der Waals surface area contributed by atoms with Crippen molar-refractivity contribution in [3.63, 3.8) is 0 Å². The van der Waals surface area contributed by atoms with Gasteiger partial charge in [0, 0.05) is 0 Å². The Balaban J connectivity index is 1.98. The summed E-state index contributed by atoms with van der Waals surface area (Å²) in [5.41, 5.74) is 3.17. The van der Waals surface area contributed by atoms with E-state index in [2.05, 4.69) is 5.32 Å². The summed E-state index contributed by atoms with van der Waals surface area (Å²) in [6.45, 7) is -0.106. The Morgan fingerprint density at radius 3 is 2.08 bits per heavy atom. The number of benzene rings is 2. The molecule has 2 aliphatic rings. The molecule has 0 unspecified atom stereocenters. The average molecular weight is 327 g/mol. The van der Waals surface area contributed by atoms with Gasteiger partial charge in [-0.25, -0.2) is 0 Å². The topological polar surface area (TPSA) is 73.2 Å². The number of nitrogens with one attached hydrogen (secondary N) is 1. The molecule has 2 aromatic rings. The minimum atomic E-state index is -0.326. The number of carbonyl (C=O) groups excluding carboxylic acids is 2. The fourth-order valence-electron chi connectivity index (χ4n) is 3.23. The third kappa shape index (κ3) is 2.24. The molecule has 0 radical (unpaired) electrons. The third-order valence-corrected chi connectivity index (χ3v) is 4.27. The van der Waals surface area contributed by atoms with Gasteiger partial charge >= 0.3 is 0 Å². The van der Waals surface area contributed by atoms with Crippen molar-refractivity contribution >= 4 is 23.2 Å². The molecule has 0 spiro atoms. The van der Waals surface area contributed by atoms with E-state index in [-0.39, 0.29) is 18.4 Å². The predicted molar refractivity (Wildman–Crippen MR) is 92.2 cm³/mol. The molecule has 2 heterocycles. The number of fused-ring (bicyclic) bond motifs is 1. The Kier molecular flexibility index (Phi) is 3.44. The highest BCUT2D eigenvalue weighted by molar-refractivity contribution is 6.30. The summed E-state index contributed by atoms with van der Waals surface area (Å²) in [7, 11) is 0. The van der Waals surface area contributed by atoms with Crippen LogP contribution in [-0.4, -0.2) is 23.3 Å². The minimum absolute atomic E-state index is 0.106. The van der Waals surface area contributed by atoms with Gasteiger partial charge in [0.1, 0.15) is 6.54 Å². The van der Waals surface area contributed by atoms with Crippen molar-refractivity contribution in [2.24, 2.45) is 0 Å². The Labute approximate surface area is 144 Å². The lowest BCUT2D eigenvalue weighted by atomic mass is 10.0. The predicted octanol–water partition coefficient (Wildman–Crippen LogP) is 2.30. The van der Waals surface area contributed by atoms with Crippen LogP contribution in [0.2, 0.25) is 0 Å². The van der Waals surface area contributed by atoms with E-state index in [9.17, 15) is 9.59 Å². The van der Waals surface area contributed by atoms with E-state index in [0.717, 1.165) is 11.1 Å². The molecule has 2 amide bonds. The summed E-state index contributed by atoms with van der Waals surface area (Å²) in [5.74, 6) is -0.644. The van der Waals surface area contributed by atoms with Gasteiger partial charge in [-0.1, -0.05) is 60.7 Å². The summed E-state index contributed by atoms with van der Waals surface area (Å²) < 4.78 is 0. The van der Waals surface area contributed by atoms with Gasteiger partial charge in [0.25, 0.3) is 11.8 Å². The first-order valence-corrected chi connectivity index (χ1v) is 7.82. The Bertz CT molecular complexity index is 983. The molecule has 0 saturated heterocycles. The van der Waals surface area contributed by atoms with E-state index >= 15 is 0 Å². The molecular weight excluding hydrogens is 314 g/mol. The van der Waals surface area contributed by atoms with Crippen molar-refractivity contribution in [2.75, 3.05) is 6.54 Å². The van der Waals surface area contributed by atoms with Gasteiger partial charge in [-0.05, 0) is 11.1 Å². The van der Waals surface area contributed by atoms with Crippen LogP contribution in [0.3, 0.4) is 0 Å². The normalized spacial score (nSPS) is 16.2. The number of carbonyl (C=O) groups is 2. The zero-order chi connectivity index (χ0) is 17.4. The zero-order valence-corrected chi connectivity index (χ0v) is 13.2. The van der Waals surface area contributed by atoms with Crippen molar-refractivity contribution in [1.29, 1.82) is 5.26 Å². The minimum Gasteiger partial charge on any atom is -0.321 e. The summed E-state index contributed by atoms with van der Waals surface area (Å²) in [6, 6.07) is 20.5. The summed E-state index contributed by atoms with van der Waals surface area (Å²) in [5, 5.41) is 12.0. The van der Waals surface area contributed by atoms with Gasteiger partial charge in [-0.15, -0.1) is 0 Å². The molecule has 0 atom stereocenters. The molecular formula is C20H13N3O2. The lowest BCUT2D eigenvalue weighted by Gasteiger charge is -2.18. The van der Waals surface area contributed by atoms with Gasteiger partial charge in [0.05, 0.1) is 28.6 Å². The summed E-state index contributed by atoms with van der Waals surface area (Å²) in [4.78, 5) is 27.0. The molecule has 0 aliphatic carbocycles. The van der Waals surface area contributed by atoms with Crippen molar-refractivity contribution < 1.29 is 9.59 Å². The maximum atomic E-state index is 13.0. The van der Waals surface area contributed by atoms with Crippen LogP contribution in [0.5, 0.6) is 0 Å². The number of rotatable bonds is 3. The highest BCUT2D eigenvalue weighted by atomic mass is 16.2. The van der Waals surface area contributed by atoms with Crippen LogP contribution < -0.4 is 5.32 Å². The summed E-state index contributed by atoms with van der Waals surface area (Å²) >= 11 is 0. The molecule has 5 nitrogen and oxygen atoms in total. The quantitative estimate of drug-likeness (QED) is 0.879. The van der Waals surface area contributed by atoms with Gasteiger partial charge in [0.2, 0.25) is 0 Å². The van der Waals surface area contributed by atoms with Crippen molar-refractivity contribution in [2.45, 2.75) is 0 Å². The van der Waals surface area contributed by atoms with E-state index in [1.54, 1.807) is 0 Å². The van der Waals surface area contributed by atoms with Crippen LogP contribution in [0, 0.1) is 11.3 Å². The zero-order valence-electron chi connectivity index (χ0n) is 13.2. The molecule has 0 saturated carbocycles. The smallest absolute Gasteiger partial charge is 0.262 e. The van der Waals surface area contributed by atoms with Gasteiger partial charge < -0.3 is 5.32 Å². The van der Waals surface area contributed by atoms with Crippen LogP contribution in [0.25, 0.3) is 11.4 Å². The molecule has 2 aliphatic heterocycles. The molecule has 0 aromatic heterocycles. The van der Waals surface area contributed by atoms with Crippen LogP contribution in [0.1, 0.15) is 11.1 Å². The lowest BCUT2D eigenvalue weighted by Crippen LogP contribution is -2.27. The fourth-order valence-corrected chi connectivity index (χ4v) is 3.23. The van der Waals surface area contributed by atoms with Crippen molar-refractivity contribution in [1.82, 2.24) is 10.2 Å². The number of nitriles is 1. The van der Waals surface area contributed by atoms with E-state index in [0.29, 0.717) is 22.5 Å². The molecule has 0 fully saturated rings. The number of hydrogen-bond acceptors (Lipinski definition) is 3. The van der Waals surface area contributed by atoms with E-state index in [4.69, 9.17) is 5.26 Å². The molecule has 4 rings (SSSR count). The maximum absolute atomic E-state index is 13.0. The average Bonchev–Trinajstić information content (AvgIpc) is 3.13. The molecule has 5 heteroatoms. The molecule has 120 valence electrons. The van der Waals surface area contributed by atoms with Gasteiger partial charge in [-0.2, -0.15) is 5.26 Å². The Morgan fingerprint density at radius 2 is 1.48 bits per heavy atom. The van der Waals surface area contributed by atoms with Crippen LogP contribution in [0.4, 0.5) is 0 Å². The van der Waals surface area contributed by atoms with Gasteiger partial charge in [0.15, 0.2) is 0 Å². The Morgan fingerprint density at radius 1 is 0.880 bits per heavy atom. The van der Waals surface area contributed by atoms with E-state index in [1.165, 1.54) is 4.90 Å². The molecule has 0 bridgehead atoms. The third-order valence-electron chi connectivity index (χ3n) is 4.27. The number of hydrogen-bond donors (Lipinski definition) is 1. The molecule has 25 heavy (non-hydrogen) atoms.